The molecule has 4 nitrogen and oxygen atoms in total. The van der Waals surface area contributed by atoms with Gasteiger partial charge in [-0.15, -0.1) is 0 Å². The van der Waals surface area contributed by atoms with E-state index in [1.54, 1.807) is 32.0 Å². The van der Waals surface area contributed by atoms with Gasteiger partial charge in [0.2, 0.25) is 0 Å². The third-order valence-corrected chi connectivity index (χ3v) is 2.92. The molecule has 2 rings (SSSR count). The van der Waals surface area contributed by atoms with Crippen molar-refractivity contribution in [3.63, 3.8) is 0 Å². The van der Waals surface area contributed by atoms with Crippen LogP contribution in [0.1, 0.15) is 31.0 Å². The Hall–Kier alpha value is -1.57. The molecule has 0 bridgehead atoms. The van der Waals surface area contributed by atoms with Gasteiger partial charge in [0.05, 0.1) is 17.7 Å². The zero-order chi connectivity index (χ0) is 11.9. The Labute approximate surface area is 94.3 Å². The van der Waals surface area contributed by atoms with Crippen LogP contribution in [0, 0.1) is 11.3 Å². The van der Waals surface area contributed by atoms with Gasteiger partial charge in [-0.1, -0.05) is 0 Å². The number of nitriles is 1. The summed E-state index contributed by atoms with van der Waals surface area (Å²) in [6.07, 6.45) is -0.783. The van der Waals surface area contributed by atoms with Gasteiger partial charge in [-0.3, -0.25) is 0 Å². The average Bonchev–Trinajstić information content (AvgIpc) is 2.25. The van der Waals surface area contributed by atoms with E-state index in [0.717, 1.165) is 0 Å². The molecule has 1 aliphatic rings. The molecule has 3 N–H and O–H groups in total. The Bertz CT molecular complexity index is 463. The van der Waals surface area contributed by atoms with Crippen molar-refractivity contribution >= 4 is 0 Å². The molecule has 1 heterocycles. The van der Waals surface area contributed by atoms with Crippen LogP contribution >= 0.6 is 0 Å². The second kappa shape index (κ2) is 3.48. The first-order valence-corrected chi connectivity index (χ1v) is 5.12. The monoisotopic (exact) mass is 218 g/mol. The summed E-state index contributed by atoms with van der Waals surface area (Å²) in [5.41, 5.74) is 6.45. The molecule has 0 radical (unpaired) electrons. The standard InChI is InChI=1S/C12H14N2O2/c1-12(2)11(15)10(14)8-5-7(6-13)3-4-9(8)16-12/h3-5,10-11,15H,14H2,1-2H3/t10-,11-/m1/s1. The maximum absolute atomic E-state index is 9.98. The van der Waals surface area contributed by atoms with Gasteiger partial charge in [-0.05, 0) is 32.0 Å². The maximum Gasteiger partial charge on any atom is 0.131 e. The number of fused-ring (bicyclic) bond motifs is 1. The molecule has 1 aliphatic heterocycles. The SMILES string of the molecule is CC1(C)Oc2ccc(C#N)cc2[C@@H](N)[C@H]1O. The predicted molar refractivity (Wildman–Crippen MR) is 58.8 cm³/mol. The van der Waals surface area contributed by atoms with E-state index in [9.17, 15) is 5.11 Å². The highest BCUT2D eigenvalue weighted by molar-refractivity contribution is 5.46. The molecule has 2 atom stereocenters. The third-order valence-electron chi connectivity index (χ3n) is 2.92. The van der Waals surface area contributed by atoms with Gasteiger partial charge >= 0.3 is 0 Å². The van der Waals surface area contributed by atoms with Crippen LogP contribution in [0.5, 0.6) is 5.75 Å². The summed E-state index contributed by atoms with van der Waals surface area (Å²) in [6, 6.07) is 6.59. The number of ether oxygens (including phenoxy) is 1. The lowest BCUT2D eigenvalue weighted by Gasteiger charge is -2.40. The van der Waals surface area contributed by atoms with E-state index in [2.05, 4.69) is 0 Å². The van der Waals surface area contributed by atoms with Crippen molar-refractivity contribution in [3.8, 4) is 11.8 Å². The number of rotatable bonds is 0. The summed E-state index contributed by atoms with van der Waals surface area (Å²) in [4.78, 5) is 0. The van der Waals surface area contributed by atoms with Crippen LogP contribution in [0.2, 0.25) is 0 Å². The van der Waals surface area contributed by atoms with Gasteiger partial charge in [-0.25, -0.2) is 0 Å². The van der Waals surface area contributed by atoms with Crippen molar-refractivity contribution in [2.45, 2.75) is 31.6 Å². The van der Waals surface area contributed by atoms with Crippen molar-refractivity contribution in [2.24, 2.45) is 5.73 Å². The second-order valence-corrected chi connectivity index (χ2v) is 4.54. The molecule has 0 unspecified atom stereocenters. The molecule has 0 aromatic heterocycles. The Morgan fingerprint density at radius 1 is 1.50 bits per heavy atom. The summed E-state index contributed by atoms with van der Waals surface area (Å²) in [6.45, 7) is 3.58. The van der Waals surface area contributed by atoms with Gasteiger partial charge in [0.15, 0.2) is 0 Å². The Balaban J connectivity index is 2.52. The van der Waals surface area contributed by atoms with Gasteiger partial charge in [0, 0.05) is 5.56 Å². The number of aliphatic hydroxyl groups excluding tert-OH is 1. The Kier molecular flexibility index (Phi) is 2.38. The molecule has 1 aromatic carbocycles. The normalized spacial score (nSPS) is 26.4. The van der Waals surface area contributed by atoms with Crippen LogP contribution < -0.4 is 10.5 Å². The Morgan fingerprint density at radius 2 is 2.19 bits per heavy atom. The van der Waals surface area contributed by atoms with E-state index in [1.807, 2.05) is 6.07 Å². The summed E-state index contributed by atoms with van der Waals surface area (Å²) in [5, 5.41) is 18.8. The molecular formula is C12H14N2O2. The number of nitrogens with zero attached hydrogens (tertiary/aromatic N) is 1. The molecule has 16 heavy (non-hydrogen) atoms. The first-order valence-electron chi connectivity index (χ1n) is 5.12. The predicted octanol–water partition coefficient (Wildman–Crippen LogP) is 1.09. The molecule has 0 saturated carbocycles. The molecule has 84 valence electrons. The van der Waals surface area contributed by atoms with Crippen LogP contribution in [0.3, 0.4) is 0 Å². The second-order valence-electron chi connectivity index (χ2n) is 4.54. The summed E-state index contributed by atoms with van der Waals surface area (Å²) in [7, 11) is 0. The van der Waals surface area contributed by atoms with E-state index >= 15 is 0 Å². The van der Waals surface area contributed by atoms with Crippen LogP contribution in [0.4, 0.5) is 0 Å². The summed E-state index contributed by atoms with van der Waals surface area (Å²) < 4.78 is 5.66. The van der Waals surface area contributed by atoms with Gasteiger partial charge < -0.3 is 15.6 Å². The highest BCUT2D eigenvalue weighted by Crippen LogP contribution is 2.38. The zero-order valence-corrected chi connectivity index (χ0v) is 9.27. The highest BCUT2D eigenvalue weighted by Gasteiger charge is 2.41. The number of nitrogens with two attached hydrogens (primary N) is 1. The van der Waals surface area contributed by atoms with Crippen molar-refractivity contribution in [1.82, 2.24) is 0 Å². The molecule has 4 heteroatoms. The van der Waals surface area contributed by atoms with Crippen molar-refractivity contribution in [1.29, 1.82) is 5.26 Å². The van der Waals surface area contributed by atoms with Crippen LogP contribution in [-0.2, 0) is 0 Å². The fraction of sp³-hybridized carbons (Fsp3) is 0.417. The lowest BCUT2D eigenvalue weighted by Crippen LogP contribution is -2.51. The number of aliphatic hydroxyl groups is 1. The third kappa shape index (κ3) is 1.54. The van der Waals surface area contributed by atoms with Crippen molar-refractivity contribution in [2.75, 3.05) is 0 Å². The summed E-state index contributed by atoms with van der Waals surface area (Å²) in [5.74, 6) is 0.641. The molecule has 0 saturated heterocycles. The van der Waals surface area contributed by atoms with E-state index in [-0.39, 0.29) is 0 Å². The van der Waals surface area contributed by atoms with Gasteiger partial charge in [-0.2, -0.15) is 5.26 Å². The zero-order valence-electron chi connectivity index (χ0n) is 9.27. The lowest BCUT2D eigenvalue weighted by molar-refractivity contribution is -0.0571. The molecule has 0 spiro atoms. The smallest absolute Gasteiger partial charge is 0.131 e. The molecule has 0 fully saturated rings. The fourth-order valence-corrected chi connectivity index (χ4v) is 1.92. The fourth-order valence-electron chi connectivity index (χ4n) is 1.92. The topological polar surface area (TPSA) is 79.3 Å². The highest BCUT2D eigenvalue weighted by atomic mass is 16.5. The van der Waals surface area contributed by atoms with Gasteiger partial charge in [0.1, 0.15) is 17.5 Å². The van der Waals surface area contributed by atoms with E-state index < -0.39 is 17.7 Å². The molecule has 1 aromatic rings. The number of hydrogen-bond acceptors (Lipinski definition) is 4. The quantitative estimate of drug-likeness (QED) is 0.683. The van der Waals surface area contributed by atoms with Crippen LogP contribution in [0.25, 0.3) is 0 Å². The largest absolute Gasteiger partial charge is 0.485 e. The average molecular weight is 218 g/mol. The minimum atomic E-state index is -0.783. The summed E-state index contributed by atoms with van der Waals surface area (Å²) >= 11 is 0. The molecule has 0 amide bonds. The number of benzene rings is 1. The maximum atomic E-state index is 9.98. The Morgan fingerprint density at radius 3 is 2.81 bits per heavy atom. The number of hydrogen-bond donors (Lipinski definition) is 2. The van der Waals surface area contributed by atoms with Crippen LogP contribution in [-0.4, -0.2) is 16.8 Å². The van der Waals surface area contributed by atoms with Crippen LogP contribution in [0.15, 0.2) is 18.2 Å². The van der Waals surface area contributed by atoms with Crippen molar-refractivity contribution < 1.29 is 9.84 Å². The molecular weight excluding hydrogens is 204 g/mol. The first kappa shape index (κ1) is 10.9. The minimum absolute atomic E-state index is 0.518. The first-order chi connectivity index (χ1) is 7.45. The van der Waals surface area contributed by atoms with Gasteiger partial charge in [0.25, 0.3) is 0 Å². The van der Waals surface area contributed by atoms with Crippen molar-refractivity contribution in [3.05, 3.63) is 29.3 Å². The molecule has 0 aliphatic carbocycles. The van der Waals surface area contributed by atoms with E-state index in [1.165, 1.54) is 0 Å². The lowest BCUT2D eigenvalue weighted by atomic mass is 9.86. The van der Waals surface area contributed by atoms with E-state index in [4.69, 9.17) is 15.7 Å². The van der Waals surface area contributed by atoms with E-state index in [0.29, 0.717) is 16.9 Å². The minimum Gasteiger partial charge on any atom is -0.485 e.